The maximum Gasteiger partial charge on any atom is 0.122 e. The minimum absolute atomic E-state index is 0.0945. The number of piperidine rings is 1. The van der Waals surface area contributed by atoms with E-state index in [0.29, 0.717) is 5.92 Å². The van der Waals surface area contributed by atoms with Crippen molar-refractivity contribution in [3.05, 3.63) is 24.2 Å². The molecular formula is C15H26N2O2. The molecule has 4 unspecified atom stereocenters. The Bertz CT molecular complexity index is 366. The van der Waals surface area contributed by atoms with Crippen molar-refractivity contribution in [3.8, 4) is 0 Å². The van der Waals surface area contributed by atoms with Gasteiger partial charge >= 0.3 is 0 Å². The van der Waals surface area contributed by atoms with Crippen LogP contribution in [0.4, 0.5) is 0 Å². The number of hydrogen-bond donors (Lipinski definition) is 1. The molecule has 2 N–H and O–H groups in total. The quantitative estimate of drug-likeness (QED) is 0.889. The maximum atomic E-state index is 6.32. The molecule has 0 radical (unpaired) electrons. The monoisotopic (exact) mass is 266 g/mol. The zero-order valence-corrected chi connectivity index (χ0v) is 12.2. The first kappa shape index (κ1) is 14.6. The van der Waals surface area contributed by atoms with E-state index in [0.717, 1.165) is 31.7 Å². The lowest BCUT2D eigenvalue weighted by atomic mass is 9.92. The molecule has 0 bridgehead atoms. The van der Waals surface area contributed by atoms with Gasteiger partial charge in [-0.25, -0.2) is 0 Å². The second-order valence-electron chi connectivity index (χ2n) is 5.57. The highest BCUT2D eigenvalue weighted by Crippen LogP contribution is 2.30. The van der Waals surface area contributed by atoms with E-state index >= 15 is 0 Å². The average Bonchev–Trinajstić information content (AvgIpc) is 2.94. The normalized spacial score (nSPS) is 28.2. The Hall–Kier alpha value is -0.840. The molecular weight excluding hydrogens is 240 g/mol. The Kier molecular flexibility index (Phi) is 5.02. The molecule has 0 saturated carbocycles. The molecule has 1 aromatic rings. The highest BCUT2D eigenvalue weighted by atomic mass is 16.5. The number of rotatable bonds is 5. The van der Waals surface area contributed by atoms with E-state index in [1.807, 2.05) is 12.1 Å². The molecule has 1 aliphatic heterocycles. The van der Waals surface area contributed by atoms with Crippen LogP contribution in [0.2, 0.25) is 0 Å². The van der Waals surface area contributed by atoms with Gasteiger partial charge in [0.1, 0.15) is 5.76 Å². The van der Waals surface area contributed by atoms with Crippen LogP contribution in [0.5, 0.6) is 0 Å². The van der Waals surface area contributed by atoms with Crippen molar-refractivity contribution in [2.45, 2.75) is 44.9 Å². The van der Waals surface area contributed by atoms with Gasteiger partial charge in [-0.1, -0.05) is 13.8 Å². The summed E-state index contributed by atoms with van der Waals surface area (Å²) in [6, 6.07) is 4.22. The Morgan fingerprint density at radius 3 is 2.95 bits per heavy atom. The zero-order chi connectivity index (χ0) is 13.8. The summed E-state index contributed by atoms with van der Waals surface area (Å²) in [5, 5.41) is 0. The smallest absolute Gasteiger partial charge is 0.122 e. The van der Waals surface area contributed by atoms with Crippen LogP contribution in [0.3, 0.4) is 0 Å². The second-order valence-corrected chi connectivity index (χ2v) is 5.57. The van der Waals surface area contributed by atoms with Gasteiger partial charge in [0.05, 0.1) is 18.4 Å². The van der Waals surface area contributed by atoms with Crippen molar-refractivity contribution in [1.29, 1.82) is 0 Å². The molecule has 0 aliphatic carbocycles. The fourth-order valence-electron chi connectivity index (χ4n) is 2.96. The first-order valence-electron chi connectivity index (χ1n) is 7.23. The van der Waals surface area contributed by atoms with Crippen molar-refractivity contribution in [1.82, 2.24) is 4.90 Å². The first-order chi connectivity index (χ1) is 9.17. The SMILES string of the molecule is CCC(N)C(c1ccco1)N1CCC(C)C(OC)C1. The van der Waals surface area contributed by atoms with E-state index in [-0.39, 0.29) is 18.2 Å². The number of furan rings is 1. The molecule has 0 aromatic carbocycles. The summed E-state index contributed by atoms with van der Waals surface area (Å²) in [4.78, 5) is 2.42. The summed E-state index contributed by atoms with van der Waals surface area (Å²) in [6.45, 7) is 6.37. The van der Waals surface area contributed by atoms with Crippen LogP contribution in [0.1, 0.15) is 38.5 Å². The van der Waals surface area contributed by atoms with E-state index in [1.54, 1.807) is 13.4 Å². The van der Waals surface area contributed by atoms with Crippen molar-refractivity contribution in [2.75, 3.05) is 20.2 Å². The highest BCUT2D eigenvalue weighted by Gasteiger charge is 2.34. The van der Waals surface area contributed by atoms with Crippen molar-refractivity contribution >= 4 is 0 Å². The van der Waals surface area contributed by atoms with Crippen LogP contribution in [0, 0.1) is 5.92 Å². The molecule has 4 nitrogen and oxygen atoms in total. The van der Waals surface area contributed by atoms with Gasteiger partial charge in [0, 0.05) is 19.7 Å². The molecule has 0 spiro atoms. The molecule has 108 valence electrons. The van der Waals surface area contributed by atoms with Crippen LogP contribution in [0.15, 0.2) is 22.8 Å². The first-order valence-corrected chi connectivity index (χ1v) is 7.23. The molecule has 1 saturated heterocycles. The Balaban J connectivity index is 2.15. The number of hydrogen-bond acceptors (Lipinski definition) is 4. The number of nitrogens with two attached hydrogens (primary N) is 1. The van der Waals surface area contributed by atoms with Crippen LogP contribution in [0.25, 0.3) is 0 Å². The molecule has 4 atom stereocenters. The van der Waals surface area contributed by atoms with Gasteiger partial charge in [-0.3, -0.25) is 4.90 Å². The predicted octanol–water partition coefficient (Wildman–Crippen LogP) is 2.41. The van der Waals surface area contributed by atoms with Crippen molar-refractivity contribution in [2.24, 2.45) is 11.7 Å². The third-order valence-corrected chi connectivity index (χ3v) is 4.33. The van der Waals surface area contributed by atoms with Gasteiger partial charge in [0.25, 0.3) is 0 Å². The van der Waals surface area contributed by atoms with Gasteiger partial charge in [-0.05, 0) is 37.4 Å². The fourth-order valence-corrected chi connectivity index (χ4v) is 2.96. The van der Waals surface area contributed by atoms with Gasteiger partial charge in [0.2, 0.25) is 0 Å². The van der Waals surface area contributed by atoms with E-state index in [9.17, 15) is 0 Å². The summed E-state index contributed by atoms with van der Waals surface area (Å²) in [5.74, 6) is 1.58. The van der Waals surface area contributed by atoms with Gasteiger partial charge in [0.15, 0.2) is 0 Å². The van der Waals surface area contributed by atoms with Crippen LogP contribution >= 0.6 is 0 Å². The molecule has 1 aliphatic rings. The second kappa shape index (κ2) is 6.55. The summed E-state index contributed by atoms with van der Waals surface area (Å²) in [5.41, 5.74) is 6.32. The lowest BCUT2D eigenvalue weighted by molar-refractivity contribution is -0.0266. The van der Waals surface area contributed by atoms with Gasteiger partial charge in [-0.15, -0.1) is 0 Å². The lowest BCUT2D eigenvalue weighted by Gasteiger charge is -2.41. The van der Waals surface area contributed by atoms with Gasteiger partial charge < -0.3 is 14.9 Å². The van der Waals surface area contributed by atoms with Crippen LogP contribution < -0.4 is 5.73 Å². The minimum atomic E-state index is 0.0945. The van der Waals surface area contributed by atoms with E-state index < -0.39 is 0 Å². The van der Waals surface area contributed by atoms with Crippen molar-refractivity contribution < 1.29 is 9.15 Å². The number of nitrogens with zero attached hydrogens (tertiary/aromatic N) is 1. The molecule has 0 amide bonds. The lowest BCUT2D eigenvalue weighted by Crippen LogP contribution is -2.49. The third kappa shape index (κ3) is 3.19. The summed E-state index contributed by atoms with van der Waals surface area (Å²) in [6.07, 6.45) is 4.10. The van der Waals surface area contributed by atoms with Gasteiger partial charge in [-0.2, -0.15) is 0 Å². The van der Waals surface area contributed by atoms with E-state index in [1.165, 1.54) is 0 Å². The molecule has 19 heavy (non-hydrogen) atoms. The molecule has 1 aromatic heterocycles. The number of methoxy groups -OCH3 is 1. The largest absolute Gasteiger partial charge is 0.468 e. The van der Waals surface area contributed by atoms with Crippen LogP contribution in [-0.4, -0.2) is 37.2 Å². The maximum absolute atomic E-state index is 6.32. The molecule has 1 fully saturated rings. The summed E-state index contributed by atoms with van der Waals surface area (Å²) < 4.78 is 11.2. The molecule has 2 heterocycles. The van der Waals surface area contributed by atoms with E-state index in [4.69, 9.17) is 14.9 Å². The summed E-state index contributed by atoms with van der Waals surface area (Å²) >= 11 is 0. The topological polar surface area (TPSA) is 51.6 Å². The average molecular weight is 266 g/mol. The fraction of sp³-hybridized carbons (Fsp3) is 0.733. The Labute approximate surface area is 115 Å². The zero-order valence-electron chi connectivity index (χ0n) is 12.2. The Morgan fingerprint density at radius 2 is 2.37 bits per heavy atom. The van der Waals surface area contributed by atoms with E-state index in [2.05, 4.69) is 18.7 Å². The van der Waals surface area contributed by atoms with Crippen molar-refractivity contribution in [3.63, 3.8) is 0 Å². The third-order valence-electron chi connectivity index (χ3n) is 4.33. The molecule has 2 rings (SSSR count). The van der Waals surface area contributed by atoms with Crippen LogP contribution in [-0.2, 0) is 4.74 Å². The predicted molar refractivity (Wildman–Crippen MR) is 75.9 cm³/mol. The Morgan fingerprint density at radius 1 is 1.58 bits per heavy atom. The minimum Gasteiger partial charge on any atom is -0.468 e. The number of ether oxygens (including phenoxy) is 1. The number of likely N-dealkylation sites (tertiary alicyclic amines) is 1. The standard InChI is InChI=1S/C15H26N2O2/c1-4-12(16)15(13-6-5-9-19-13)17-8-7-11(2)14(10-17)18-3/h5-6,9,11-12,14-15H,4,7-8,10,16H2,1-3H3. The molecule has 4 heteroatoms. The summed E-state index contributed by atoms with van der Waals surface area (Å²) in [7, 11) is 1.80. The highest BCUT2D eigenvalue weighted by molar-refractivity contribution is 5.08.